The first-order chi connectivity index (χ1) is 16.5. The molecule has 34 heavy (non-hydrogen) atoms. The number of carbonyl (C=O) groups excluding carboxylic acids is 1. The van der Waals surface area contributed by atoms with Gasteiger partial charge >= 0.3 is 0 Å². The zero-order valence-electron chi connectivity index (χ0n) is 19.1. The minimum atomic E-state index is -0.138. The summed E-state index contributed by atoms with van der Waals surface area (Å²) in [4.78, 5) is 21.5. The number of hydrogen-bond acceptors (Lipinski definition) is 6. The van der Waals surface area contributed by atoms with E-state index in [0.717, 1.165) is 39.5 Å². The molecule has 0 aliphatic heterocycles. The second-order valence-corrected chi connectivity index (χ2v) is 8.94. The molecule has 9 heteroatoms. The van der Waals surface area contributed by atoms with Crippen LogP contribution in [0.1, 0.15) is 17.0 Å². The van der Waals surface area contributed by atoms with E-state index in [4.69, 9.17) is 0 Å². The van der Waals surface area contributed by atoms with Gasteiger partial charge in [-0.2, -0.15) is 0 Å². The third-order valence-electron chi connectivity index (χ3n) is 5.47. The first-order valence-corrected chi connectivity index (χ1v) is 11.8. The average Bonchev–Trinajstić information content (AvgIpc) is 3.43. The summed E-state index contributed by atoms with van der Waals surface area (Å²) >= 11 is 1.35. The fourth-order valence-corrected chi connectivity index (χ4v) is 4.54. The molecule has 0 atom stereocenters. The molecule has 0 spiro atoms. The summed E-state index contributed by atoms with van der Waals surface area (Å²) in [6.45, 7) is 6.02. The highest BCUT2D eigenvalue weighted by Crippen LogP contribution is 2.25. The third kappa shape index (κ3) is 4.29. The van der Waals surface area contributed by atoms with Crippen molar-refractivity contribution in [1.82, 2.24) is 29.3 Å². The minimum Gasteiger partial charge on any atom is -0.324 e. The highest BCUT2D eigenvalue weighted by molar-refractivity contribution is 7.99. The third-order valence-corrected chi connectivity index (χ3v) is 6.39. The number of hydrogen-bond donors (Lipinski definition) is 1. The molecule has 1 amide bonds. The number of fused-ring (bicyclic) bond motifs is 1. The van der Waals surface area contributed by atoms with E-state index in [1.54, 1.807) is 12.5 Å². The van der Waals surface area contributed by atoms with E-state index in [1.807, 2.05) is 52.5 Å². The number of amides is 1. The molecule has 2 aromatic carbocycles. The highest BCUT2D eigenvalue weighted by Gasteiger charge is 2.15. The van der Waals surface area contributed by atoms with Crippen molar-refractivity contribution in [2.24, 2.45) is 0 Å². The number of imidazole rings is 1. The van der Waals surface area contributed by atoms with Gasteiger partial charge < -0.3 is 5.32 Å². The smallest absolute Gasteiger partial charge is 0.234 e. The Morgan fingerprint density at radius 2 is 1.85 bits per heavy atom. The van der Waals surface area contributed by atoms with Crippen LogP contribution in [-0.4, -0.2) is 41.0 Å². The van der Waals surface area contributed by atoms with Crippen molar-refractivity contribution >= 4 is 34.4 Å². The number of carbonyl (C=O) groups is 1. The molecule has 0 bridgehead atoms. The van der Waals surface area contributed by atoms with Crippen LogP contribution in [-0.2, 0) is 4.79 Å². The van der Waals surface area contributed by atoms with Crippen LogP contribution in [0.15, 0.2) is 72.3 Å². The van der Waals surface area contributed by atoms with Crippen LogP contribution in [0.3, 0.4) is 0 Å². The van der Waals surface area contributed by atoms with Gasteiger partial charge in [-0.05, 0) is 62.2 Å². The molecular weight excluding hydrogens is 446 g/mol. The van der Waals surface area contributed by atoms with Crippen LogP contribution in [0, 0.1) is 20.8 Å². The van der Waals surface area contributed by atoms with Crippen molar-refractivity contribution in [2.75, 3.05) is 11.1 Å². The Kier molecular flexibility index (Phi) is 5.85. The molecule has 8 nitrogen and oxygen atoms in total. The molecule has 1 N–H and O–H groups in total. The van der Waals surface area contributed by atoms with E-state index in [0.29, 0.717) is 10.8 Å². The fourth-order valence-electron chi connectivity index (χ4n) is 3.75. The predicted octanol–water partition coefficient (Wildman–Crippen LogP) is 4.66. The van der Waals surface area contributed by atoms with Gasteiger partial charge in [-0.15, -0.1) is 10.2 Å². The summed E-state index contributed by atoms with van der Waals surface area (Å²) in [6.07, 6.45) is 3.39. The number of para-hydroxylation sites is 2. The summed E-state index contributed by atoms with van der Waals surface area (Å²) in [5, 5.41) is 12.1. The van der Waals surface area contributed by atoms with Crippen molar-refractivity contribution in [3.63, 3.8) is 0 Å². The van der Waals surface area contributed by atoms with Crippen LogP contribution >= 0.6 is 11.8 Å². The Hall–Kier alpha value is -3.98. The van der Waals surface area contributed by atoms with E-state index >= 15 is 0 Å². The highest BCUT2D eigenvalue weighted by atomic mass is 32.2. The van der Waals surface area contributed by atoms with Crippen LogP contribution in [0.4, 0.5) is 5.69 Å². The van der Waals surface area contributed by atoms with Crippen molar-refractivity contribution in [1.29, 1.82) is 0 Å². The molecule has 170 valence electrons. The van der Waals surface area contributed by atoms with Gasteiger partial charge in [-0.1, -0.05) is 36.0 Å². The number of aryl methyl sites for hydroxylation is 3. The number of thioether (sulfide) groups is 1. The van der Waals surface area contributed by atoms with Gasteiger partial charge in [-0.25, -0.2) is 9.97 Å². The maximum Gasteiger partial charge on any atom is 0.234 e. The van der Waals surface area contributed by atoms with Gasteiger partial charge in [0.25, 0.3) is 0 Å². The molecule has 0 unspecified atom stereocenters. The second-order valence-electron chi connectivity index (χ2n) is 8.00. The number of benzene rings is 2. The topological polar surface area (TPSA) is 90.5 Å². The summed E-state index contributed by atoms with van der Waals surface area (Å²) in [7, 11) is 0. The zero-order chi connectivity index (χ0) is 23.7. The maximum absolute atomic E-state index is 12.6. The van der Waals surface area contributed by atoms with Gasteiger partial charge in [0, 0.05) is 0 Å². The molecule has 0 aliphatic rings. The normalized spacial score (nSPS) is 11.1. The number of pyridine rings is 1. The van der Waals surface area contributed by atoms with Gasteiger partial charge in [0.2, 0.25) is 5.91 Å². The molecule has 3 heterocycles. The molecule has 5 rings (SSSR count). The van der Waals surface area contributed by atoms with E-state index in [-0.39, 0.29) is 11.7 Å². The fraction of sp³-hybridized carbons (Fsp3) is 0.160. The number of aromatic nitrogens is 6. The summed E-state index contributed by atoms with van der Waals surface area (Å²) in [5.41, 5.74) is 5.82. The second kappa shape index (κ2) is 9.11. The van der Waals surface area contributed by atoms with E-state index in [1.165, 1.54) is 11.8 Å². The van der Waals surface area contributed by atoms with Crippen molar-refractivity contribution in [3.8, 4) is 11.5 Å². The van der Waals surface area contributed by atoms with Gasteiger partial charge in [-0.3, -0.25) is 13.9 Å². The van der Waals surface area contributed by atoms with Crippen LogP contribution < -0.4 is 5.32 Å². The van der Waals surface area contributed by atoms with Crippen LogP contribution in [0.2, 0.25) is 0 Å². The largest absolute Gasteiger partial charge is 0.324 e. The van der Waals surface area contributed by atoms with Gasteiger partial charge in [0.15, 0.2) is 5.16 Å². The first kappa shape index (κ1) is 21.8. The lowest BCUT2D eigenvalue weighted by Crippen LogP contribution is -2.15. The van der Waals surface area contributed by atoms with E-state index in [9.17, 15) is 4.79 Å². The lowest BCUT2D eigenvalue weighted by molar-refractivity contribution is -0.113. The van der Waals surface area contributed by atoms with Gasteiger partial charge in [0.1, 0.15) is 18.0 Å². The SMILES string of the molecule is Cc1ccc(C)c(-n2c(C)nnc2SCC(=O)Nc2ccc(-n3cnc4ccccc43)nc2)c1. The standard InChI is InChI=1S/C25H23N7OS/c1-16-8-9-17(2)22(12-16)32-18(3)29-30-25(32)34-14-24(33)28-19-10-11-23(26-13-19)31-15-27-20-6-4-5-7-21(20)31/h4-13,15H,14H2,1-3H3,(H,28,33). The quantitative estimate of drug-likeness (QED) is 0.364. The van der Waals surface area contributed by atoms with Crippen molar-refractivity contribution < 1.29 is 4.79 Å². The first-order valence-electron chi connectivity index (χ1n) is 10.8. The molecule has 0 saturated heterocycles. The average molecular weight is 470 g/mol. The molecule has 3 aromatic heterocycles. The molecule has 0 radical (unpaired) electrons. The number of nitrogens with zero attached hydrogens (tertiary/aromatic N) is 6. The Morgan fingerprint density at radius 1 is 1.00 bits per heavy atom. The van der Waals surface area contributed by atoms with E-state index in [2.05, 4.69) is 57.5 Å². The van der Waals surface area contributed by atoms with Gasteiger partial charge in [0.05, 0.1) is 34.4 Å². The molecular formula is C25H23N7OS. The molecule has 0 aliphatic carbocycles. The Labute approximate surface area is 201 Å². The van der Waals surface area contributed by atoms with E-state index < -0.39 is 0 Å². The summed E-state index contributed by atoms with van der Waals surface area (Å²) < 4.78 is 3.91. The monoisotopic (exact) mass is 469 g/mol. The van der Waals surface area contributed by atoms with Crippen molar-refractivity contribution in [3.05, 3.63) is 84.1 Å². The van der Waals surface area contributed by atoms with Crippen LogP contribution in [0.25, 0.3) is 22.5 Å². The molecule has 0 fully saturated rings. The predicted molar refractivity (Wildman–Crippen MR) is 134 cm³/mol. The van der Waals surface area contributed by atoms with Crippen molar-refractivity contribution in [2.45, 2.75) is 25.9 Å². The Bertz CT molecular complexity index is 1490. The maximum atomic E-state index is 12.6. The number of nitrogens with one attached hydrogen (secondary N) is 1. The Balaban J connectivity index is 1.27. The summed E-state index contributed by atoms with van der Waals surface area (Å²) in [6, 6.07) is 17.8. The number of rotatable bonds is 6. The molecule has 0 saturated carbocycles. The summed E-state index contributed by atoms with van der Waals surface area (Å²) in [5.74, 6) is 1.58. The molecule has 5 aromatic rings. The lowest BCUT2D eigenvalue weighted by atomic mass is 10.1. The Morgan fingerprint density at radius 3 is 2.68 bits per heavy atom. The van der Waals surface area contributed by atoms with Crippen LogP contribution in [0.5, 0.6) is 0 Å². The number of anilines is 1. The minimum absolute atomic E-state index is 0.138. The zero-order valence-corrected chi connectivity index (χ0v) is 19.9. The lowest BCUT2D eigenvalue weighted by Gasteiger charge is -2.12.